The normalized spacial score (nSPS) is 29.3. The molecule has 0 saturated heterocycles. The van der Waals surface area contributed by atoms with Crippen LogP contribution in [0.2, 0.25) is 0 Å². The number of hydrogen-bond acceptors (Lipinski definition) is 1. The second-order valence-electron chi connectivity index (χ2n) is 6.40. The van der Waals surface area contributed by atoms with Gasteiger partial charge in [-0.1, -0.05) is 39.0 Å². The monoisotopic (exact) mass is 241 g/mol. The first-order chi connectivity index (χ1) is 8.55. The van der Waals surface area contributed by atoms with Crippen molar-refractivity contribution in [3.8, 4) is 0 Å². The van der Waals surface area contributed by atoms with Crippen molar-refractivity contribution >= 4 is 0 Å². The van der Waals surface area contributed by atoms with Crippen LogP contribution in [0, 0.1) is 11.3 Å². The molecule has 18 heavy (non-hydrogen) atoms. The molecule has 0 bridgehead atoms. The standard InChI is InChI=1S/C17H23N/c1-11-8-12(10-18)16-13-6-4-5-7-14(13)17(2,3)15(16)9-11/h5,7,9,11H,4,6,8,10,18H2,1-3H3. The second-order valence-corrected chi connectivity index (χ2v) is 6.40. The molecule has 3 aliphatic carbocycles. The maximum Gasteiger partial charge on any atom is 0.0152 e. The third kappa shape index (κ3) is 1.50. The Morgan fingerprint density at radius 3 is 2.89 bits per heavy atom. The van der Waals surface area contributed by atoms with Gasteiger partial charge in [0.1, 0.15) is 0 Å². The lowest BCUT2D eigenvalue weighted by atomic mass is 9.75. The molecule has 2 N–H and O–H groups in total. The molecule has 1 unspecified atom stereocenters. The Kier molecular flexibility index (Phi) is 2.63. The summed E-state index contributed by atoms with van der Waals surface area (Å²) in [5, 5.41) is 0. The van der Waals surface area contributed by atoms with Crippen LogP contribution < -0.4 is 5.73 Å². The molecule has 3 rings (SSSR count). The minimum atomic E-state index is 0.177. The molecule has 0 aromatic rings. The predicted molar refractivity (Wildman–Crippen MR) is 77.1 cm³/mol. The van der Waals surface area contributed by atoms with Gasteiger partial charge >= 0.3 is 0 Å². The molecule has 1 heteroatoms. The first-order valence-electron chi connectivity index (χ1n) is 7.11. The summed E-state index contributed by atoms with van der Waals surface area (Å²) in [6, 6.07) is 0. The largest absolute Gasteiger partial charge is 0.327 e. The van der Waals surface area contributed by atoms with Crippen LogP contribution in [0.1, 0.15) is 40.0 Å². The first-order valence-corrected chi connectivity index (χ1v) is 7.11. The summed E-state index contributed by atoms with van der Waals surface area (Å²) in [5.41, 5.74) is 13.9. The van der Waals surface area contributed by atoms with Crippen molar-refractivity contribution < 1.29 is 0 Å². The first kappa shape index (κ1) is 12.0. The molecule has 96 valence electrons. The van der Waals surface area contributed by atoms with E-state index in [0.29, 0.717) is 12.5 Å². The maximum absolute atomic E-state index is 6.01. The highest BCUT2D eigenvalue weighted by atomic mass is 14.6. The smallest absolute Gasteiger partial charge is 0.0152 e. The SMILES string of the molecule is CC1C=C2C(=C(CN)C1)C1=C(C=CCC1)C2(C)C. The van der Waals surface area contributed by atoms with Gasteiger partial charge in [-0.05, 0) is 53.0 Å². The third-order valence-electron chi connectivity index (χ3n) is 4.71. The van der Waals surface area contributed by atoms with Crippen molar-refractivity contribution in [2.45, 2.75) is 40.0 Å². The molecular weight excluding hydrogens is 218 g/mol. The lowest BCUT2D eigenvalue weighted by molar-refractivity contribution is 0.553. The highest BCUT2D eigenvalue weighted by molar-refractivity contribution is 5.68. The fourth-order valence-corrected chi connectivity index (χ4v) is 3.84. The summed E-state index contributed by atoms with van der Waals surface area (Å²) < 4.78 is 0. The maximum atomic E-state index is 6.01. The zero-order chi connectivity index (χ0) is 12.9. The van der Waals surface area contributed by atoms with E-state index in [1.54, 1.807) is 11.1 Å². The zero-order valence-electron chi connectivity index (χ0n) is 11.7. The Bertz CT molecular complexity index is 512. The van der Waals surface area contributed by atoms with Crippen LogP contribution in [0.5, 0.6) is 0 Å². The molecule has 0 fully saturated rings. The van der Waals surface area contributed by atoms with Gasteiger partial charge in [-0.15, -0.1) is 0 Å². The van der Waals surface area contributed by atoms with E-state index in [2.05, 4.69) is 39.0 Å². The van der Waals surface area contributed by atoms with Gasteiger partial charge in [0.2, 0.25) is 0 Å². The Morgan fingerprint density at radius 1 is 1.39 bits per heavy atom. The van der Waals surface area contributed by atoms with Crippen LogP contribution in [-0.2, 0) is 0 Å². The summed E-state index contributed by atoms with van der Waals surface area (Å²) in [4.78, 5) is 0. The molecule has 1 atom stereocenters. The van der Waals surface area contributed by atoms with E-state index in [-0.39, 0.29) is 5.41 Å². The van der Waals surface area contributed by atoms with Crippen molar-refractivity contribution in [3.63, 3.8) is 0 Å². The van der Waals surface area contributed by atoms with Crippen molar-refractivity contribution in [1.82, 2.24) is 0 Å². The quantitative estimate of drug-likeness (QED) is 0.740. The van der Waals surface area contributed by atoms with Gasteiger partial charge in [0.25, 0.3) is 0 Å². The number of nitrogens with two attached hydrogens (primary N) is 1. The highest BCUT2D eigenvalue weighted by Crippen LogP contribution is 2.56. The van der Waals surface area contributed by atoms with E-state index >= 15 is 0 Å². The Hall–Kier alpha value is -1.08. The molecule has 0 radical (unpaired) electrons. The fourth-order valence-electron chi connectivity index (χ4n) is 3.84. The number of hydrogen-bond donors (Lipinski definition) is 1. The molecule has 0 aromatic carbocycles. The Balaban J connectivity index is 2.24. The summed E-state index contributed by atoms with van der Waals surface area (Å²) in [7, 11) is 0. The van der Waals surface area contributed by atoms with Crippen LogP contribution in [0.25, 0.3) is 0 Å². The number of rotatable bonds is 1. The van der Waals surface area contributed by atoms with Crippen LogP contribution in [0.3, 0.4) is 0 Å². The third-order valence-corrected chi connectivity index (χ3v) is 4.71. The van der Waals surface area contributed by atoms with Crippen molar-refractivity contribution in [3.05, 3.63) is 46.1 Å². The van der Waals surface area contributed by atoms with Gasteiger partial charge in [0.15, 0.2) is 0 Å². The predicted octanol–water partition coefficient (Wildman–Crippen LogP) is 3.89. The Morgan fingerprint density at radius 2 is 2.17 bits per heavy atom. The molecule has 0 aromatic heterocycles. The molecule has 0 amide bonds. The second kappa shape index (κ2) is 3.96. The average Bonchev–Trinajstić information content (AvgIpc) is 2.59. The average molecular weight is 241 g/mol. The summed E-state index contributed by atoms with van der Waals surface area (Å²) in [6.07, 6.45) is 10.7. The lowest BCUT2D eigenvalue weighted by Gasteiger charge is -2.29. The van der Waals surface area contributed by atoms with Crippen LogP contribution in [-0.4, -0.2) is 6.54 Å². The van der Waals surface area contributed by atoms with E-state index in [4.69, 9.17) is 5.73 Å². The minimum Gasteiger partial charge on any atom is -0.327 e. The van der Waals surface area contributed by atoms with E-state index in [0.717, 1.165) is 6.42 Å². The lowest BCUT2D eigenvalue weighted by Crippen LogP contribution is -2.19. The topological polar surface area (TPSA) is 26.0 Å². The summed E-state index contributed by atoms with van der Waals surface area (Å²) in [5.74, 6) is 0.631. The van der Waals surface area contributed by atoms with Gasteiger partial charge in [0, 0.05) is 12.0 Å². The van der Waals surface area contributed by atoms with Crippen LogP contribution in [0.4, 0.5) is 0 Å². The summed E-state index contributed by atoms with van der Waals surface area (Å²) >= 11 is 0. The van der Waals surface area contributed by atoms with Crippen molar-refractivity contribution in [2.24, 2.45) is 17.1 Å². The van der Waals surface area contributed by atoms with Crippen LogP contribution >= 0.6 is 0 Å². The number of fused-ring (bicyclic) bond motifs is 2. The highest BCUT2D eigenvalue weighted by Gasteiger charge is 2.42. The van der Waals surface area contributed by atoms with E-state index < -0.39 is 0 Å². The molecule has 0 heterocycles. The van der Waals surface area contributed by atoms with Crippen molar-refractivity contribution in [2.75, 3.05) is 6.54 Å². The van der Waals surface area contributed by atoms with Gasteiger partial charge in [-0.2, -0.15) is 0 Å². The van der Waals surface area contributed by atoms with E-state index in [9.17, 15) is 0 Å². The van der Waals surface area contributed by atoms with Gasteiger partial charge < -0.3 is 5.73 Å². The fraction of sp³-hybridized carbons (Fsp3) is 0.529. The number of allylic oxidation sites excluding steroid dienone is 7. The molecule has 0 spiro atoms. The molecule has 1 nitrogen and oxygen atoms in total. The zero-order valence-corrected chi connectivity index (χ0v) is 11.7. The molecule has 3 aliphatic rings. The minimum absolute atomic E-state index is 0.177. The van der Waals surface area contributed by atoms with Crippen LogP contribution in [0.15, 0.2) is 46.1 Å². The molecular formula is C17H23N. The molecule has 0 aliphatic heterocycles. The van der Waals surface area contributed by atoms with Gasteiger partial charge in [-0.25, -0.2) is 0 Å². The van der Waals surface area contributed by atoms with E-state index in [1.165, 1.54) is 29.6 Å². The van der Waals surface area contributed by atoms with E-state index in [1.807, 2.05) is 0 Å². The Labute approximate surface area is 110 Å². The van der Waals surface area contributed by atoms with Crippen molar-refractivity contribution in [1.29, 1.82) is 0 Å². The molecule has 0 saturated carbocycles. The summed E-state index contributed by atoms with van der Waals surface area (Å²) in [6.45, 7) is 7.75. The van der Waals surface area contributed by atoms with Gasteiger partial charge in [0.05, 0.1) is 0 Å². The van der Waals surface area contributed by atoms with Gasteiger partial charge in [-0.3, -0.25) is 0 Å².